The molecule has 0 saturated heterocycles. The Balaban J connectivity index is 3.08. The fourth-order valence-electron chi connectivity index (χ4n) is 1.13. The number of hydrogen-bond acceptors (Lipinski definition) is 1. The fraction of sp³-hybridized carbons (Fsp3) is 0.273. The summed E-state index contributed by atoms with van der Waals surface area (Å²) in [5.41, 5.74) is 4.42. The molecular weight excluding hydrogens is 222 g/mol. The summed E-state index contributed by atoms with van der Waals surface area (Å²) in [6.45, 7) is 1.69. The molecule has 0 aliphatic rings. The standard InChI is InChI=1S/C11H11F4N/c1-7(16)2-3-8-4-5-10(12)9(6-8)11(13,14)15/h2-7H,16H2,1H3/b3-2+. The lowest BCUT2D eigenvalue weighted by Crippen LogP contribution is -2.10. The molecular formula is C11H11F4N. The third kappa shape index (κ3) is 3.34. The maximum absolute atomic E-state index is 12.9. The fourth-order valence-corrected chi connectivity index (χ4v) is 1.13. The van der Waals surface area contributed by atoms with Gasteiger partial charge >= 0.3 is 6.18 Å². The van der Waals surface area contributed by atoms with Crippen LogP contribution in [0.4, 0.5) is 17.6 Å². The molecule has 0 aromatic heterocycles. The molecule has 0 aliphatic carbocycles. The van der Waals surface area contributed by atoms with Crippen LogP contribution in [0.1, 0.15) is 18.1 Å². The van der Waals surface area contributed by atoms with E-state index in [0.29, 0.717) is 0 Å². The van der Waals surface area contributed by atoms with Crippen molar-refractivity contribution >= 4 is 6.08 Å². The van der Waals surface area contributed by atoms with Gasteiger partial charge in [0.2, 0.25) is 0 Å². The summed E-state index contributed by atoms with van der Waals surface area (Å²) in [6.07, 6.45) is -1.71. The molecule has 2 N–H and O–H groups in total. The zero-order valence-electron chi connectivity index (χ0n) is 8.55. The zero-order valence-corrected chi connectivity index (χ0v) is 8.55. The second-order valence-corrected chi connectivity index (χ2v) is 3.46. The topological polar surface area (TPSA) is 26.0 Å². The van der Waals surface area contributed by atoms with Crippen LogP contribution in [0.15, 0.2) is 24.3 Å². The highest BCUT2D eigenvalue weighted by molar-refractivity contribution is 5.51. The van der Waals surface area contributed by atoms with Crippen LogP contribution in [-0.2, 0) is 6.18 Å². The summed E-state index contributed by atoms with van der Waals surface area (Å²) in [5, 5.41) is 0. The van der Waals surface area contributed by atoms with Crippen molar-refractivity contribution in [2.45, 2.75) is 19.1 Å². The molecule has 1 aromatic carbocycles. The van der Waals surface area contributed by atoms with Crippen molar-refractivity contribution in [1.82, 2.24) is 0 Å². The molecule has 0 fully saturated rings. The third-order valence-corrected chi connectivity index (χ3v) is 1.89. The van der Waals surface area contributed by atoms with Crippen molar-refractivity contribution in [2.24, 2.45) is 5.73 Å². The highest BCUT2D eigenvalue weighted by Crippen LogP contribution is 2.32. The van der Waals surface area contributed by atoms with Crippen LogP contribution >= 0.6 is 0 Å². The van der Waals surface area contributed by atoms with Gasteiger partial charge in [-0.05, 0) is 24.6 Å². The van der Waals surface area contributed by atoms with Crippen LogP contribution in [0.2, 0.25) is 0 Å². The molecule has 1 atom stereocenters. The molecule has 0 spiro atoms. The van der Waals surface area contributed by atoms with E-state index in [9.17, 15) is 17.6 Å². The lowest BCUT2D eigenvalue weighted by molar-refractivity contribution is -0.140. The summed E-state index contributed by atoms with van der Waals surface area (Å²) in [6, 6.07) is 2.56. The lowest BCUT2D eigenvalue weighted by atomic mass is 10.1. The van der Waals surface area contributed by atoms with E-state index in [2.05, 4.69) is 0 Å². The maximum atomic E-state index is 12.9. The van der Waals surface area contributed by atoms with Crippen molar-refractivity contribution in [1.29, 1.82) is 0 Å². The highest BCUT2D eigenvalue weighted by Gasteiger charge is 2.33. The van der Waals surface area contributed by atoms with E-state index in [1.807, 2.05) is 0 Å². The van der Waals surface area contributed by atoms with Crippen molar-refractivity contribution in [2.75, 3.05) is 0 Å². The smallest absolute Gasteiger partial charge is 0.325 e. The zero-order chi connectivity index (χ0) is 12.3. The van der Waals surface area contributed by atoms with Gasteiger partial charge < -0.3 is 5.73 Å². The average Bonchev–Trinajstić information content (AvgIpc) is 2.14. The Morgan fingerprint density at radius 1 is 1.31 bits per heavy atom. The Labute approximate surface area is 90.6 Å². The molecule has 16 heavy (non-hydrogen) atoms. The second-order valence-electron chi connectivity index (χ2n) is 3.46. The van der Waals surface area contributed by atoms with Gasteiger partial charge in [-0.3, -0.25) is 0 Å². The van der Waals surface area contributed by atoms with Crippen LogP contribution in [0, 0.1) is 5.82 Å². The number of rotatable bonds is 2. The van der Waals surface area contributed by atoms with Crippen LogP contribution in [-0.4, -0.2) is 6.04 Å². The number of nitrogens with two attached hydrogens (primary N) is 1. The Kier molecular flexibility index (Phi) is 3.70. The summed E-state index contributed by atoms with van der Waals surface area (Å²) in [5.74, 6) is -1.27. The van der Waals surface area contributed by atoms with Gasteiger partial charge in [0, 0.05) is 6.04 Å². The lowest BCUT2D eigenvalue weighted by Gasteiger charge is -2.08. The number of benzene rings is 1. The molecule has 1 nitrogen and oxygen atoms in total. The van der Waals surface area contributed by atoms with E-state index in [-0.39, 0.29) is 11.6 Å². The van der Waals surface area contributed by atoms with Gasteiger partial charge in [-0.2, -0.15) is 13.2 Å². The third-order valence-electron chi connectivity index (χ3n) is 1.89. The largest absolute Gasteiger partial charge is 0.419 e. The molecule has 0 heterocycles. The highest BCUT2D eigenvalue weighted by atomic mass is 19.4. The van der Waals surface area contributed by atoms with Crippen molar-refractivity contribution in [3.8, 4) is 0 Å². The minimum absolute atomic E-state index is 0.264. The summed E-state index contributed by atoms with van der Waals surface area (Å²) < 4.78 is 49.9. The first-order valence-electron chi connectivity index (χ1n) is 4.61. The van der Waals surface area contributed by atoms with Crippen LogP contribution in [0.5, 0.6) is 0 Å². The molecule has 0 aliphatic heterocycles. The maximum Gasteiger partial charge on any atom is 0.419 e. The molecule has 1 aromatic rings. The van der Waals surface area contributed by atoms with Crippen LogP contribution in [0.25, 0.3) is 6.08 Å². The van der Waals surface area contributed by atoms with Crippen LogP contribution in [0.3, 0.4) is 0 Å². The molecule has 5 heteroatoms. The van der Waals surface area contributed by atoms with E-state index >= 15 is 0 Å². The predicted octanol–water partition coefficient (Wildman–Crippen LogP) is 3.20. The Morgan fingerprint density at radius 3 is 2.44 bits per heavy atom. The molecule has 0 amide bonds. The van der Waals surface area contributed by atoms with E-state index in [0.717, 1.165) is 12.1 Å². The Morgan fingerprint density at radius 2 is 1.94 bits per heavy atom. The van der Waals surface area contributed by atoms with Crippen LogP contribution < -0.4 is 5.73 Å². The molecule has 0 saturated carbocycles. The normalized spacial score (nSPS) is 14.4. The predicted molar refractivity (Wildman–Crippen MR) is 54.1 cm³/mol. The summed E-state index contributed by atoms with van der Waals surface area (Å²) >= 11 is 0. The van der Waals surface area contributed by atoms with Crippen molar-refractivity contribution in [3.05, 3.63) is 41.2 Å². The molecule has 1 rings (SSSR count). The van der Waals surface area contributed by atoms with Gasteiger partial charge in [0.05, 0.1) is 5.56 Å². The first kappa shape index (κ1) is 12.7. The minimum atomic E-state index is -4.68. The number of hydrogen-bond donors (Lipinski definition) is 1. The number of alkyl halides is 3. The molecule has 0 bridgehead atoms. The molecule has 1 unspecified atom stereocenters. The Hall–Kier alpha value is -1.36. The van der Waals surface area contributed by atoms with Gasteiger partial charge in [-0.15, -0.1) is 0 Å². The van der Waals surface area contributed by atoms with Gasteiger partial charge in [0.25, 0.3) is 0 Å². The second kappa shape index (κ2) is 4.65. The van der Waals surface area contributed by atoms with E-state index in [4.69, 9.17) is 5.73 Å². The minimum Gasteiger partial charge on any atom is -0.325 e. The van der Waals surface area contributed by atoms with E-state index in [1.54, 1.807) is 6.92 Å². The average molecular weight is 233 g/mol. The quantitative estimate of drug-likeness (QED) is 0.780. The Bertz CT molecular complexity index is 393. The molecule has 0 radical (unpaired) electrons. The van der Waals surface area contributed by atoms with Gasteiger partial charge in [0.1, 0.15) is 5.82 Å². The van der Waals surface area contributed by atoms with Crippen molar-refractivity contribution < 1.29 is 17.6 Å². The van der Waals surface area contributed by atoms with Gasteiger partial charge in [-0.25, -0.2) is 4.39 Å². The molecule has 88 valence electrons. The van der Waals surface area contributed by atoms with E-state index < -0.39 is 17.6 Å². The first-order valence-corrected chi connectivity index (χ1v) is 4.61. The monoisotopic (exact) mass is 233 g/mol. The summed E-state index contributed by atoms with van der Waals surface area (Å²) in [7, 11) is 0. The van der Waals surface area contributed by atoms with Gasteiger partial charge in [0.15, 0.2) is 0 Å². The van der Waals surface area contributed by atoms with Gasteiger partial charge in [-0.1, -0.05) is 18.2 Å². The van der Waals surface area contributed by atoms with E-state index in [1.165, 1.54) is 18.2 Å². The SMILES string of the molecule is CC(N)/C=C/c1ccc(F)c(C(F)(F)F)c1. The first-order chi connectivity index (χ1) is 7.30. The van der Waals surface area contributed by atoms with Crippen molar-refractivity contribution in [3.63, 3.8) is 0 Å². The number of halogens is 4. The summed E-state index contributed by atoms with van der Waals surface area (Å²) in [4.78, 5) is 0.